The molecule has 0 saturated heterocycles. The zero-order valence-electron chi connectivity index (χ0n) is 12.7. The van der Waals surface area contributed by atoms with Gasteiger partial charge in [-0.2, -0.15) is 0 Å². The van der Waals surface area contributed by atoms with Crippen molar-refractivity contribution >= 4 is 46.3 Å². The van der Waals surface area contributed by atoms with E-state index in [4.69, 9.17) is 23.2 Å². The van der Waals surface area contributed by atoms with Crippen molar-refractivity contribution in [3.05, 3.63) is 68.3 Å². The monoisotopic (exact) mass is 396 g/mol. The number of rotatable bonds is 5. The van der Waals surface area contributed by atoms with E-state index in [9.17, 15) is 5.11 Å². The molecule has 0 spiro atoms. The lowest BCUT2D eigenvalue weighted by Gasteiger charge is -2.08. The van der Waals surface area contributed by atoms with Crippen molar-refractivity contribution in [2.75, 3.05) is 0 Å². The summed E-state index contributed by atoms with van der Waals surface area (Å²) in [6.07, 6.45) is 2.97. The van der Waals surface area contributed by atoms with Crippen LogP contribution in [0.3, 0.4) is 0 Å². The maximum Gasteiger partial charge on any atom is 0.138 e. The molecule has 0 aliphatic heterocycles. The van der Waals surface area contributed by atoms with Gasteiger partial charge in [-0.25, -0.2) is 9.97 Å². The molecule has 3 aromatic rings. The van der Waals surface area contributed by atoms with Crippen molar-refractivity contribution in [3.8, 4) is 0 Å². The first kappa shape index (κ1) is 17.7. The molecular weight excluding hydrogens is 383 g/mol. The number of hydrogen-bond donors (Lipinski definition) is 1. The molecule has 1 N–H and O–H groups in total. The van der Waals surface area contributed by atoms with E-state index in [1.165, 1.54) is 29.4 Å². The van der Waals surface area contributed by atoms with E-state index in [1.807, 2.05) is 12.1 Å². The fraction of sp³-hybridized carbons (Fsp3) is 0.176. The number of benzene rings is 1. The number of nitrogens with zero attached hydrogens (tertiary/aromatic N) is 2. The van der Waals surface area contributed by atoms with Crippen molar-refractivity contribution in [1.29, 1.82) is 0 Å². The molecule has 1 unspecified atom stereocenters. The van der Waals surface area contributed by atoms with E-state index in [-0.39, 0.29) is 5.15 Å². The maximum atomic E-state index is 10.5. The summed E-state index contributed by atoms with van der Waals surface area (Å²) in [7, 11) is 0. The van der Waals surface area contributed by atoms with Crippen LogP contribution >= 0.6 is 46.3 Å². The van der Waals surface area contributed by atoms with Crippen molar-refractivity contribution in [2.45, 2.75) is 29.2 Å². The normalized spacial score (nSPS) is 12.3. The van der Waals surface area contributed by atoms with Crippen molar-refractivity contribution in [3.63, 3.8) is 0 Å². The molecule has 2 heterocycles. The van der Waals surface area contributed by atoms with Crippen LogP contribution in [-0.2, 0) is 6.42 Å². The largest absolute Gasteiger partial charge is 0.383 e. The van der Waals surface area contributed by atoms with Gasteiger partial charge in [0.2, 0.25) is 0 Å². The zero-order valence-corrected chi connectivity index (χ0v) is 15.9. The maximum absolute atomic E-state index is 10.5. The van der Waals surface area contributed by atoms with Gasteiger partial charge in [-0.05, 0) is 30.2 Å². The average Bonchev–Trinajstić information content (AvgIpc) is 2.95. The second kappa shape index (κ2) is 7.85. The average molecular weight is 397 g/mol. The predicted octanol–water partition coefficient (Wildman–Crippen LogP) is 5.64. The van der Waals surface area contributed by atoms with Crippen LogP contribution in [0.25, 0.3) is 0 Å². The SMILES string of the molecule is CCc1cccc(Sc2cc(C(O)c3cncnc3Cl)sc2Cl)c1. The van der Waals surface area contributed by atoms with Gasteiger partial charge in [-0.1, -0.05) is 54.0 Å². The quantitative estimate of drug-likeness (QED) is 0.566. The summed E-state index contributed by atoms with van der Waals surface area (Å²) in [6.45, 7) is 2.13. The molecule has 0 bridgehead atoms. The summed E-state index contributed by atoms with van der Waals surface area (Å²) in [5.74, 6) is 0. The number of aliphatic hydroxyl groups excluding tert-OH is 1. The Labute approximate surface area is 158 Å². The van der Waals surface area contributed by atoms with Crippen LogP contribution in [0.1, 0.15) is 29.0 Å². The second-order valence-electron chi connectivity index (χ2n) is 5.06. The van der Waals surface area contributed by atoms with E-state index in [0.29, 0.717) is 14.8 Å². The van der Waals surface area contributed by atoms with Crippen LogP contribution in [0.15, 0.2) is 52.6 Å². The minimum absolute atomic E-state index is 0.242. The zero-order chi connectivity index (χ0) is 17.1. The Hall–Kier alpha value is -1.11. The minimum atomic E-state index is -0.891. The van der Waals surface area contributed by atoms with Crippen LogP contribution < -0.4 is 0 Å². The third kappa shape index (κ3) is 3.92. The van der Waals surface area contributed by atoms with Gasteiger partial charge in [0.1, 0.15) is 21.9 Å². The van der Waals surface area contributed by atoms with Gasteiger partial charge in [-0.3, -0.25) is 0 Å². The Morgan fingerprint density at radius 2 is 2.12 bits per heavy atom. The molecule has 3 rings (SSSR count). The highest BCUT2D eigenvalue weighted by Crippen LogP contribution is 2.42. The van der Waals surface area contributed by atoms with Gasteiger partial charge in [0.25, 0.3) is 0 Å². The van der Waals surface area contributed by atoms with E-state index in [2.05, 4.69) is 35.1 Å². The fourth-order valence-corrected chi connectivity index (χ4v) is 4.81. The third-order valence-electron chi connectivity index (χ3n) is 3.46. The minimum Gasteiger partial charge on any atom is -0.383 e. The van der Waals surface area contributed by atoms with Crippen LogP contribution in [0, 0.1) is 0 Å². The Bertz CT molecular complexity index is 854. The summed E-state index contributed by atoms with van der Waals surface area (Å²) in [6, 6.07) is 10.2. The highest BCUT2D eigenvalue weighted by molar-refractivity contribution is 7.99. The summed E-state index contributed by atoms with van der Waals surface area (Å²) in [5.41, 5.74) is 1.75. The first-order valence-electron chi connectivity index (χ1n) is 7.28. The lowest BCUT2D eigenvalue weighted by Crippen LogP contribution is -2.00. The van der Waals surface area contributed by atoms with Gasteiger partial charge in [0.05, 0.1) is 0 Å². The molecule has 1 aromatic carbocycles. The molecule has 2 aromatic heterocycles. The number of aromatic nitrogens is 2. The molecule has 0 fully saturated rings. The molecule has 3 nitrogen and oxygen atoms in total. The number of hydrogen-bond acceptors (Lipinski definition) is 5. The smallest absolute Gasteiger partial charge is 0.138 e. The highest BCUT2D eigenvalue weighted by atomic mass is 35.5. The summed E-state index contributed by atoms with van der Waals surface area (Å²) in [5, 5.41) is 10.8. The molecule has 0 aliphatic carbocycles. The molecule has 0 radical (unpaired) electrons. The number of halogens is 2. The summed E-state index contributed by atoms with van der Waals surface area (Å²) >= 11 is 15.3. The molecule has 0 amide bonds. The predicted molar refractivity (Wildman–Crippen MR) is 100 cm³/mol. The van der Waals surface area contributed by atoms with Crippen molar-refractivity contribution in [1.82, 2.24) is 9.97 Å². The van der Waals surface area contributed by atoms with Gasteiger partial charge in [-0.15, -0.1) is 11.3 Å². The molecular formula is C17H14Cl2N2OS2. The van der Waals surface area contributed by atoms with E-state index in [1.54, 1.807) is 11.8 Å². The van der Waals surface area contributed by atoms with E-state index >= 15 is 0 Å². The second-order valence-corrected chi connectivity index (χ2v) is 8.22. The molecule has 24 heavy (non-hydrogen) atoms. The summed E-state index contributed by atoms with van der Waals surface area (Å²) < 4.78 is 0.643. The molecule has 1 atom stereocenters. The highest BCUT2D eigenvalue weighted by Gasteiger charge is 2.20. The van der Waals surface area contributed by atoms with Gasteiger partial charge >= 0.3 is 0 Å². The first-order chi connectivity index (χ1) is 11.6. The van der Waals surface area contributed by atoms with Crippen molar-refractivity contribution in [2.24, 2.45) is 0 Å². The van der Waals surface area contributed by atoms with Crippen LogP contribution in [0.2, 0.25) is 9.49 Å². The topological polar surface area (TPSA) is 46.0 Å². The van der Waals surface area contributed by atoms with E-state index in [0.717, 1.165) is 16.2 Å². The number of aliphatic hydroxyl groups is 1. The Morgan fingerprint density at radius 3 is 2.88 bits per heavy atom. The van der Waals surface area contributed by atoms with Crippen molar-refractivity contribution < 1.29 is 5.11 Å². The number of aryl methyl sites for hydroxylation is 1. The van der Waals surface area contributed by atoms with Gasteiger partial charge in [0, 0.05) is 26.4 Å². The fourth-order valence-electron chi connectivity index (χ4n) is 2.19. The van der Waals surface area contributed by atoms with Gasteiger partial charge < -0.3 is 5.11 Å². The number of thiophene rings is 1. The molecule has 124 valence electrons. The third-order valence-corrected chi connectivity index (χ3v) is 6.46. The van der Waals surface area contributed by atoms with Crippen LogP contribution in [0.4, 0.5) is 0 Å². The molecule has 7 heteroatoms. The molecule has 0 aliphatic rings. The lowest BCUT2D eigenvalue weighted by atomic mass is 10.1. The lowest BCUT2D eigenvalue weighted by molar-refractivity contribution is 0.223. The standard InChI is InChI=1S/C17H14Cl2N2OS2/c1-2-10-4-3-5-11(6-10)23-14-7-13(24-17(14)19)15(22)12-8-20-9-21-16(12)18/h3-9,15,22H,2H2,1H3. The Kier molecular flexibility index (Phi) is 5.79. The first-order valence-corrected chi connectivity index (χ1v) is 9.67. The molecule has 0 saturated carbocycles. The van der Waals surface area contributed by atoms with Crippen LogP contribution in [0.5, 0.6) is 0 Å². The Balaban J connectivity index is 1.86. The van der Waals surface area contributed by atoms with Gasteiger partial charge in [0.15, 0.2) is 0 Å². The van der Waals surface area contributed by atoms with Crippen LogP contribution in [-0.4, -0.2) is 15.1 Å². The van der Waals surface area contributed by atoms with E-state index < -0.39 is 6.10 Å². The Morgan fingerprint density at radius 1 is 1.29 bits per heavy atom. The summed E-state index contributed by atoms with van der Waals surface area (Å²) in [4.78, 5) is 10.6.